The number of benzene rings is 1. The SMILES string of the molecule is CS(=O)(=O)C(=C(C#N)C(=O)O)N1CCc2ccccc2CC1. The molecule has 0 saturated carbocycles. The molecule has 0 aromatic heterocycles. The molecule has 0 aliphatic carbocycles. The number of hydrogen-bond acceptors (Lipinski definition) is 5. The first-order chi connectivity index (χ1) is 10.3. The van der Waals surface area contributed by atoms with E-state index in [2.05, 4.69) is 0 Å². The van der Waals surface area contributed by atoms with Crippen molar-refractivity contribution in [1.29, 1.82) is 5.26 Å². The number of aliphatic carboxylic acids is 1. The van der Waals surface area contributed by atoms with E-state index in [1.807, 2.05) is 24.3 Å². The van der Waals surface area contributed by atoms with Gasteiger partial charge in [-0.05, 0) is 24.0 Å². The van der Waals surface area contributed by atoms with Crippen molar-refractivity contribution in [3.05, 3.63) is 46.0 Å². The molecular formula is C15H16N2O4S. The summed E-state index contributed by atoms with van der Waals surface area (Å²) in [6.45, 7) is 0.718. The van der Waals surface area contributed by atoms with Crippen LogP contribution in [-0.2, 0) is 27.5 Å². The van der Waals surface area contributed by atoms with Gasteiger partial charge in [0.05, 0.1) is 0 Å². The highest BCUT2D eigenvalue weighted by Crippen LogP contribution is 2.23. The van der Waals surface area contributed by atoms with Gasteiger partial charge in [-0.25, -0.2) is 13.2 Å². The third-order valence-corrected chi connectivity index (χ3v) is 4.76. The highest BCUT2D eigenvalue weighted by molar-refractivity contribution is 7.94. The Morgan fingerprint density at radius 2 is 1.73 bits per heavy atom. The van der Waals surface area contributed by atoms with Gasteiger partial charge >= 0.3 is 5.97 Å². The molecule has 0 radical (unpaired) electrons. The van der Waals surface area contributed by atoms with Crippen LogP contribution in [0, 0.1) is 11.3 Å². The minimum absolute atomic E-state index is 0.359. The predicted molar refractivity (Wildman–Crippen MR) is 80.5 cm³/mol. The van der Waals surface area contributed by atoms with Crippen LogP contribution in [-0.4, -0.2) is 43.7 Å². The molecule has 0 amide bonds. The van der Waals surface area contributed by atoms with Crippen LogP contribution < -0.4 is 0 Å². The monoisotopic (exact) mass is 320 g/mol. The van der Waals surface area contributed by atoms with E-state index in [9.17, 15) is 13.2 Å². The van der Waals surface area contributed by atoms with Gasteiger partial charge < -0.3 is 10.0 Å². The summed E-state index contributed by atoms with van der Waals surface area (Å²) in [4.78, 5) is 12.7. The van der Waals surface area contributed by atoms with E-state index in [-0.39, 0.29) is 0 Å². The number of fused-ring (bicyclic) bond motifs is 1. The molecular weight excluding hydrogens is 304 g/mol. The van der Waals surface area contributed by atoms with Gasteiger partial charge in [0.25, 0.3) is 0 Å². The molecule has 0 spiro atoms. The number of hydrogen-bond donors (Lipinski definition) is 1. The number of carbonyl (C=O) groups is 1. The van der Waals surface area contributed by atoms with Gasteiger partial charge in [-0.15, -0.1) is 0 Å². The number of nitrogens with zero attached hydrogens (tertiary/aromatic N) is 2. The number of carboxylic acids is 1. The summed E-state index contributed by atoms with van der Waals surface area (Å²) in [5.41, 5.74) is 1.51. The third-order valence-electron chi connectivity index (χ3n) is 3.60. The molecule has 1 aliphatic rings. The lowest BCUT2D eigenvalue weighted by atomic mass is 10.0. The van der Waals surface area contributed by atoms with E-state index < -0.39 is 26.4 Å². The van der Waals surface area contributed by atoms with Crippen LogP contribution in [0.2, 0.25) is 0 Å². The Kier molecular flexibility index (Phi) is 4.52. The molecule has 1 heterocycles. The molecule has 0 unspecified atom stereocenters. The van der Waals surface area contributed by atoms with Crippen LogP contribution in [0.4, 0.5) is 0 Å². The van der Waals surface area contributed by atoms with Crippen molar-refractivity contribution >= 4 is 15.8 Å². The molecule has 22 heavy (non-hydrogen) atoms. The lowest BCUT2D eigenvalue weighted by Gasteiger charge is -2.24. The van der Waals surface area contributed by atoms with Gasteiger partial charge in [-0.3, -0.25) is 0 Å². The fourth-order valence-electron chi connectivity index (χ4n) is 2.64. The Balaban J connectivity index is 2.45. The maximum absolute atomic E-state index is 12.0. The number of rotatable bonds is 3. The van der Waals surface area contributed by atoms with E-state index >= 15 is 0 Å². The number of sulfone groups is 1. The Morgan fingerprint density at radius 1 is 1.23 bits per heavy atom. The van der Waals surface area contributed by atoms with Crippen molar-refractivity contribution in [2.24, 2.45) is 0 Å². The van der Waals surface area contributed by atoms with Gasteiger partial charge in [0.15, 0.2) is 20.4 Å². The topological polar surface area (TPSA) is 98.5 Å². The summed E-state index contributed by atoms with van der Waals surface area (Å²) in [6.07, 6.45) is 2.14. The first-order valence-electron chi connectivity index (χ1n) is 6.74. The largest absolute Gasteiger partial charge is 0.477 e. The molecule has 7 heteroatoms. The molecule has 1 aliphatic heterocycles. The van der Waals surface area contributed by atoms with E-state index in [0.717, 1.165) is 17.4 Å². The van der Waals surface area contributed by atoms with Gasteiger partial charge in [-0.2, -0.15) is 5.26 Å². The molecule has 2 rings (SSSR count). The van der Waals surface area contributed by atoms with Crippen molar-refractivity contribution in [2.75, 3.05) is 19.3 Å². The van der Waals surface area contributed by atoms with Crippen molar-refractivity contribution < 1.29 is 18.3 Å². The zero-order valence-electron chi connectivity index (χ0n) is 12.1. The predicted octanol–water partition coefficient (Wildman–Crippen LogP) is 0.952. The quantitative estimate of drug-likeness (QED) is 0.658. The smallest absolute Gasteiger partial charge is 0.349 e. The third kappa shape index (κ3) is 3.28. The second-order valence-electron chi connectivity index (χ2n) is 5.13. The highest BCUT2D eigenvalue weighted by atomic mass is 32.2. The molecule has 1 N–H and O–H groups in total. The Bertz CT molecular complexity index is 748. The summed E-state index contributed by atoms with van der Waals surface area (Å²) < 4.78 is 24.0. The van der Waals surface area contributed by atoms with Gasteiger partial charge in [0, 0.05) is 19.3 Å². The van der Waals surface area contributed by atoms with Crippen LogP contribution >= 0.6 is 0 Å². The van der Waals surface area contributed by atoms with E-state index in [1.165, 1.54) is 11.0 Å². The van der Waals surface area contributed by atoms with Crippen LogP contribution in [0.3, 0.4) is 0 Å². The average Bonchev–Trinajstić information content (AvgIpc) is 2.65. The molecule has 0 bridgehead atoms. The normalized spacial score (nSPS) is 16.1. The van der Waals surface area contributed by atoms with Crippen LogP contribution in [0.15, 0.2) is 34.9 Å². The second-order valence-corrected chi connectivity index (χ2v) is 7.06. The molecule has 0 fully saturated rings. The second kappa shape index (κ2) is 6.20. The van der Waals surface area contributed by atoms with Crippen molar-refractivity contribution in [2.45, 2.75) is 12.8 Å². The Hall–Kier alpha value is -2.33. The summed E-state index contributed by atoms with van der Waals surface area (Å²) in [7, 11) is -3.82. The maximum atomic E-state index is 12.0. The van der Waals surface area contributed by atoms with Crippen molar-refractivity contribution in [3.8, 4) is 6.07 Å². The Morgan fingerprint density at radius 3 is 2.09 bits per heavy atom. The molecule has 6 nitrogen and oxygen atoms in total. The summed E-state index contributed by atoms with van der Waals surface area (Å²) >= 11 is 0. The van der Waals surface area contributed by atoms with Gasteiger partial charge in [0.2, 0.25) is 0 Å². The molecule has 0 saturated heterocycles. The van der Waals surface area contributed by atoms with Crippen LogP contribution in [0.1, 0.15) is 11.1 Å². The lowest BCUT2D eigenvalue weighted by Crippen LogP contribution is -2.32. The van der Waals surface area contributed by atoms with Crippen LogP contribution in [0.25, 0.3) is 0 Å². The number of carboxylic acid groups (broad SMARTS) is 1. The average molecular weight is 320 g/mol. The lowest BCUT2D eigenvalue weighted by molar-refractivity contribution is -0.132. The minimum Gasteiger partial charge on any atom is -0.477 e. The molecule has 1 aromatic carbocycles. The first kappa shape index (κ1) is 16.0. The van der Waals surface area contributed by atoms with E-state index in [1.54, 1.807) is 0 Å². The molecule has 116 valence electrons. The number of nitriles is 1. The van der Waals surface area contributed by atoms with Crippen molar-refractivity contribution in [3.63, 3.8) is 0 Å². The zero-order valence-corrected chi connectivity index (χ0v) is 12.9. The molecule has 0 atom stereocenters. The Labute approximate surface area is 129 Å². The fourth-order valence-corrected chi connectivity index (χ4v) is 3.79. The summed E-state index contributed by atoms with van der Waals surface area (Å²) in [6, 6.07) is 9.29. The van der Waals surface area contributed by atoms with Crippen molar-refractivity contribution in [1.82, 2.24) is 4.90 Å². The standard InChI is InChI=1S/C15H16N2O4S/c1-22(20,21)14(13(10-16)15(18)19)17-8-6-11-4-2-3-5-12(11)7-9-17/h2-5H,6-9H2,1H3,(H,18,19). The zero-order chi connectivity index (χ0) is 16.3. The molecule has 1 aromatic rings. The van der Waals surface area contributed by atoms with Crippen LogP contribution in [0.5, 0.6) is 0 Å². The summed E-state index contributed by atoms with van der Waals surface area (Å²) in [5, 5.41) is 17.7. The van der Waals surface area contributed by atoms with E-state index in [4.69, 9.17) is 10.4 Å². The van der Waals surface area contributed by atoms with E-state index in [0.29, 0.717) is 25.9 Å². The minimum atomic E-state index is -3.82. The van der Waals surface area contributed by atoms with Gasteiger partial charge in [-0.1, -0.05) is 24.3 Å². The fraction of sp³-hybridized carbons (Fsp3) is 0.333. The summed E-state index contributed by atoms with van der Waals surface area (Å²) in [5.74, 6) is -1.52. The van der Waals surface area contributed by atoms with Gasteiger partial charge in [0.1, 0.15) is 6.07 Å². The first-order valence-corrected chi connectivity index (χ1v) is 8.63. The highest BCUT2D eigenvalue weighted by Gasteiger charge is 2.29. The maximum Gasteiger partial charge on any atom is 0.349 e.